The molecule has 0 aliphatic carbocycles. The first-order valence-corrected chi connectivity index (χ1v) is 8.29. The molecule has 2 N–H and O–H groups in total. The van der Waals surface area contributed by atoms with Gasteiger partial charge in [0, 0.05) is 19.5 Å². The van der Waals surface area contributed by atoms with Gasteiger partial charge in [-0.3, -0.25) is 14.9 Å². The Morgan fingerprint density at radius 3 is 2.60 bits per heavy atom. The van der Waals surface area contributed by atoms with E-state index in [1.807, 2.05) is 0 Å². The monoisotopic (exact) mass is 349 g/mol. The molecule has 2 saturated heterocycles. The smallest absolute Gasteiger partial charge is 0.322 e. The molecule has 7 nitrogen and oxygen atoms in total. The van der Waals surface area contributed by atoms with Crippen LogP contribution in [0.25, 0.3) is 0 Å². The highest BCUT2D eigenvalue weighted by Gasteiger charge is 2.48. The van der Waals surface area contributed by atoms with Crippen molar-refractivity contribution in [2.75, 3.05) is 19.7 Å². The number of halogens is 1. The van der Waals surface area contributed by atoms with Gasteiger partial charge in [0.15, 0.2) is 11.6 Å². The van der Waals surface area contributed by atoms with Gasteiger partial charge in [0.1, 0.15) is 5.54 Å². The summed E-state index contributed by atoms with van der Waals surface area (Å²) in [5.41, 5.74) is -0.873. The number of carbonyl (C=O) groups excluding carboxylic acids is 3. The van der Waals surface area contributed by atoms with Crippen molar-refractivity contribution in [3.63, 3.8) is 0 Å². The van der Waals surface area contributed by atoms with Crippen LogP contribution < -0.4 is 15.4 Å². The van der Waals surface area contributed by atoms with Gasteiger partial charge in [-0.25, -0.2) is 9.18 Å². The molecule has 1 aromatic carbocycles. The number of imide groups is 1. The maximum absolute atomic E-state index is 13.4. The van der Waals surface area contributed by atoms with E-state index in [1.54, 1.807) is 23.1 Å². The fourth-order valence-corrected chi connectivity index (χ4v) is 3.14. The van der Waals surface area contributed by atoms with Crippen molar-refractivity contribution in [3.8, 4) is 5.75 Å². The molecule has 1 aromatic rings. The van der Waals surface area contributed by atoms with Crippen molar-refractivity contribution < 1.29 is 23.5 Å². The number of ether oxygens (including phenoxy) is 1. The standard InChI is InChI=1S/C17H20FN3O4/c18-12-4-1-2-5-13(12)25-11-3-6-14(22)21-9-7-17(8-10-21)15(23)19-16(24)20-17/h1-2,4-5H,3,6-11H2,(H2,19,20,23,24). The summed E-state index contributed by atoms with van der Waals surface area (Å²) in [7, 11) is 0. The Labute approximate surface area is 144 Å². The lowest BCUT2D eigenvalue weighted by Gasteiger charge is -2.37. The maximum Gasteiger partial charge on any atom is 0.322 e. The minimum Gasteiger partial charge on any atom is -0.491 e. The summed E-state index contributed by atoms with van der Waals surface area (Å²) in [5.74, 6) is -0.593. The number of likely N-dealkylation sites (tertiary alicyclic amines) is 1. The Morgan fingerprint density at radius 2 is 1.96 bits per heavy atom. The highest BCUT2D eigenvalue weighted by Crippen LogP contribution is 2.26. The summed E-state index contributed by atoms with van der Waals surface area (Å²) in [4.78, 5) is 37.1. The van der Waals surface area contributed by atoms with Gasteiger partial charge in [0.25, 0.3) is 5.91 Å². The third-order valence-electron chi connectivity index (χ3n) is 4.61. The number of amides is 4. The summed E-state index contributed by atoms with van der Waals surface area (Å²) in [6.45, 7) is 1.09. The quantitative estimate of drug-likeness (QED) is 0.617. The Kier molecular flexibility index (Phi) is 4.87. The number of carbonyl (C=O) groups is 3. The van der Waals surface area contributed by atoms with Gasteiger partial charge in [0.2, 0.25) is 5.91 Å². The molecular weight excluding hydrogens is 329 g/mol. The lowest BCUT2D eigenvalue weighted by atomic mass is 9.87. The summed E-state index contributed by atoms with van der Waals surface area (Å²) in [6, 6.07) is 5.66. The predicted molar refractivity (Wildman–Crippen MR) is 86.3 cm³/mol. The van der Waals surface area contributed by atoms with Gasteiger partial charge in [-0.1, -0.05) is 12.1 Å². The SMILES string of the molecule is O=C1NC(=O)C2(CCN(C(=O)CCCOc3ccccc3F)CC2)N1. The van der Waals surface area contributed by atoms with Gasteiger partial charge >= 0.3 is 6.03 Å². The average molecular weight is 349 g/mol. The number of hydrogen-bond acceptors (Lipinski definition) is 4. The van der Waals surface area contributed by atoms with Gasteiger partial charge in [0.05, 0.1) is 6.61 Å². The Balaban J connectivity index is 1.40. The topological polar surface area (TPSA) is 87.7 Å². The van der Waals surface area contributed by atoms with Crippen molar-refractivity contribution >= 4 is 17.8 Å². The minimum atomic E-state index is -0.873. The number of nitrogens with one attached hydrogen (secondary N) is 2. The highest BCUT2D eigenvalue weighted by molar-refractivity contribution is 6.07. The average Bonchev–Trinajstić information content (AvgIpc) is 2.87. The minimum absolute atomic E-state index is 0.0308. The normalized spacial score (nSPS) is 18.8. The number of rotatable bonds is 5. The van der Waals surface area contributed by atoms with E-state index in [0.717, 1.165) is 0 Å². The maximum atomic E-state index is 13.4. The molecule has 4 amide bonds. The molecule has 0 aromatic heterocycles. The zero-order chi connectivity index (χ0) is 17.9. The fourth-order valence-electron chi connectivity index (χ4n) is 3.14. The first kappa shape index (κ1) is 17.2. The zero-order valence-electron chi connectivity index (χ0n) is 13.7. The molecule has 2 aliphatic rings. The van der Waals surface area contributed by atoms with Crippen LogP contribution in [-0.4, -0.2) is 48.0 Å². The lowest BCUT2D eigenvalue weighted by molar-refractivity contribution is -0.136. The largest absolute Gasteiger partial charge is 0.491 e. The van der Waals surface area contributed by atoms with E-state index < -0.39 is 17.4 Å². The summed E-state index contributed by atoms with van der Waals surface area (Å²) < 4.78 is 18.7. The Morgan fingerprint density at radius 1 is 1.24 bits per heavy atom. The molecule has 25 heavy (non-hydrogen) atoms. The van der Waals surface area contributed by atoms with Crippen LogP contribution in [0.5, 0.6) is 5.75 Å². The summed E-state index contributed by atoms with van der Waals surface area (Å²) >= 11 is 0. The van der Waals surface area contributed by atoms with E-state index in [2.05, 4.69) is 10.6 Å². The van der Waals surface area contributed by atoms with Crippen LogP contribution in [0.4, 0.5) is 9.18 Å². The van der Waals surface area contributed by atoms with E-state index in [1.165, 1.54) is 6.07 Å². The van der Waals surface area contributed by atoms with Crippen molar-refractivity contribution in [2.45, 2.75) is 31.2 Å². The number of piperidine rings is 1. The Bertz CT molecular complexity index is 686. The number of hydrogen-bond donors (Lipinski definition) is 2. The van der Waals surface area contributed by atoms with Gasteiger partial charge in [-0.05, 0) is 31.4 Å². The molecule has 3 rings (SSSR count). The van der Waals surface area contributed by atoms with Crippen LogP contribution in [-0.2, 0) is 9.59 Å². The number of urea groups is 1. The molecule has 2 heterocycles. The van der Waals surface area contributed by atoms with E-state index in [-0.39, 0.29) is 24.2 Å². The van der Waals surface area contributed by atoms with Gasteiger partial charge in [-0.15, -0.1) is 0 Å². The van der Waals surface area contributed by atoms with Crippen molar-refractivity contribution in [2.24, 2.45) is 0 Å². The third-order valence-corrected chi connectivity index (χ3v) is 4.61. The Hall–Kier alpha value is -2.64. The van der Waals surface area contributed by atoms with Crippen LogP contribution in [0.2, 0.25) is 0 Å². The molecule has 0 radical (unpaired) electrons. The highest BCUT2D eigenvalue weighted by atomic mass is 19.1. The summed E-state index contributed by atoms with van der Waals surface area (Å²) in [6.07, 6.45) is 1.58. The third kappa shape index (κ3) is 3.72. The molecule has 8 heteroatoms. The molecule has 0 saturated carbocycles. The molecule has 2 aliphatic heterocycles. The molecule has 2 fully saturated rings. The summed E-state index contributed by atoms with van der Waals surface area (Å²) in [5, 5.41) is 4.90. The van der Waals surface area contributed by atoms with E-state index >= 15 is 0 Å². The van der Waals surface area contributed by atoms with Crippen molar-refractivity contribution in [1.82, 2.24) is 15.5 Å². The molecule has 0 unspecified atom stereocenters. The molecular formula is C17H20FN3O4. The fraction of sp³-hybridized carbons (Fsp3) is 0.471. The zero-order valence-corrected chi connectivity index (χ0v) is 13.7. The van der Waals surface area contributed by atoms with Crippen molar-refractivity contribution in [3.05, 3.63) is 30.1 Å². The van der Waals surface area contributed by atoms with Crippen LogP contribution in [0.3, 0.4) is 0 Å². The van der Waals surface area contributed by atoms with Crippen LogP contribution in [0.15, 0.2) is 24.3 Å². The number of nitrogens with zero attached hydrogens (tertiary/aromatic N) is 1. The van der Waals surface area contributed by atoms with E-state index in [0.29, 0.717) is 38.8 Å². The van der Waals surface area contributed by atoms with Crippen LogP contribution >= 0.6 is 0 Å². The lowest BCUT2D eigenvalue weighted by Crippen LogP contribution is -2.55. The van der Waals surface area contributed by atoms with Gasteiger partial charge in [-0.2, -0.15) is 0 Å². The van der Waals surface area contributed by atoms with Crippen LogP contribution in [0.1, 0.15) is 25.7 Å². The first-order valence-electron chi connectivity index (χ1n) is 8.29. The predicted octanol–water partition coefficient (Wildman–Crippen LogP) is 1.19. The first-order chi connectivity index (χ1) is 12.0. The van der Waals surface area contributed by atoms with E-state index in [4.69, 9.17) is 4.74 Å². The second-order valence-corrected chi connectivity index (χ2v) is 6.25. The molecule has 134 valence electrons. The van der Waals surface area contributed by atoms with E-state index in [9.17, 15) is 18.8 Å². The molecule has 0 atom stereocenters. The second-order valence-electron chi connectivity index (χ2n) is 6.25. The number of benzene rings is 1. The molecule has 1 spiro atoms. The van der Waals surface area contributed by atoms with Crippen LogP contribution in [0, 0.1) is 5.82 Å². The number of para-hydroxylation sites is 1. The van der Waals surface area contributed by atoms with Crippen molar-refractivity contribution in [1.29, 1.82) is 0 Å². The second kappa shape index (κ2) is 7.08. The molecule has 0 bridgehead atoms. The van der Waals surface area contributed by atoms with Gasteiger partial charge < -0.3 is 15.0 Å².